The molecule has 0 aliphatic carbocycles. The molecular weight excluding hydrogens is 355 g/mol. The van der Waals surface area contributed by atoms with Crippen LogP contribution in [0.4, 0.5) is 5.69 Å². The Morgan fingerprint density at radius 2 is 2.04 bits per heavy atom. The van der Waals surface area contributed by atoms with Gasteiger partial charge in [0.25, 0.3) is 5.91 Å². The van der Waals surface area contributed by atoms with Crippen LogP contribution >= 0.6 is 34.5 Å². The average molecular weight is 371 g/mol. The van der Waals surface area contributed by atoms with E-state index in [1.807, 2.05) is 12.3 Å². The molecule has 0 radical (unpaired) electrons. The van der Waals surface area contributed by atoms with E-state index in [1.54, 1.807) is 29.6 Å². The number of amides is 2. The average Bonchev–Trinajstić information content (AvgIpc) is 3.04. The minimum Gasteiger partial charge on any atom is -0.329 e. The summed E-state index contributed by atoms with van der Waals surface area (Å²) in [4.78, 5) is 26.2. The highest BCUT2D eigenvalue weighted by molar-refractivity contribution is 7.08. The van der Waals surface area contributed by atoms with Crippen molar-refractivity contribution in [3.63, 3.8) is 0 Å². The highest BCUT2D eigenvalue weighted by Gasteiger charge is 2.19. The van der Waals surface area contributed by atoms with Crippen LogP contribution in [0.25, 0.3) is 0 Å². The molecule has 0 spiro atoms. The van der Waals surface area contributed by atoms with E-state index < -0.39 is 0 Å². The lowest BCUT2D eigenvalue weighted by Gasteiger charge is -2.21. The molecule has 2 amide bonds. The summed E-state index contributed by atoms with van der Waals surface area (Å²) in [5.74, 6) is -0.466. The highest BCUT2D eigenvalue weighted by Crippen LogP contribution is 2.25. The fraction of sp³-hybridized carbons (Fsp3) is 0.250. The Morgan fingerprint density at radius 3 is 2.70 bits per heavy atom. The number of nitrogens with one attached hydrogen (secondary N) is 1. The summed E-state index contributed by atoms with van der Waals surface area (Å²) in [6, 6.07) is 6.58. The van der Waals surface area contributed by atoms with Crippen LogP contribution in [0.3, 0.4) is 0 Å². The summed E-state index contributed by atoms with van der Waals surface area (Å²) >= 11 is 13.4. The zero-order valence-corrected chi connectivity index (χ0v) is 14.8. The quantitative estimate of drug-likeness (QED) is 0.810. The van der Waals surface area contributed by atoms with E-state index in [1.165, 1.54) is 16.2 Å². The molecule has 122 valence electrons. The molecule has 23 heavy (non-hydrogen) atoms. The first-order chi connectivity index (χ1) is 11.0. The van der Waals surface area contributed by atoms with Gasteiger partial charge in [0, 0.05) is 16.9 Å². The number of anilines is 1. The number of hydrogen-bond acceptors (Lipinski definition) is 3. The number of carbonyl (C=O) groups excluding carboxylic acids is 2. The first-order valence-corrected chi connectivity index (χ1v) is 8.77. The largest absolute Gasteiger partial charge is 0.329 e. The maximum absolute atomic E-state index is 12.4. The molecule has 2 aromatic rings. The molecular formula is C16H16Cl2N2O2S. The van der Waals surface area contributed by atoms with Crippen LogP contribution in [-0.2, 0) is 4.79 Å². The van der Waals surface area contributed by atoms with E-state index in [9.17, 15) is 9.59 Å². The van der Waals surface area contributed by atoms with Crippen molar-refractivity contribution < 1.29 is 9.59 Å². The van der Waals surface area contributed by atoms with E-state index >= 15 is 0 Å². The van der Waals surface area contributed by atoms with E-state index in [0.717, 1.165) is 6.42 Å². The van der Waals surface area contributed by atoms with Crippen molar-refractivity contribution in [1.82, 2.24) is 4.90 Å². The molecule has 0 atom stereocenters. The van der Waals surface area contributed by atoms with Crippen LogP contribution in [0.2, 0.25) is 10.0 Å². The van der Waals surface area contributed by atoms with Crippen LogP contribution in [0.5, 0.6) is 0 Å². The molecule has 0 aliphatic rings. The molecule has 4 nitrogen and oxygen atoms in total. The predicted molar refractivity (Wildman–Crippen MR) is 95.6 cm³/mol. The first kappa shape index (κ1) is 17.8. The number of halogens is 2. The summed E-state index contributed by atoms with van der Waals surface area (Å²) in [6.45, 7) is 2.43. The third-order valence-corrected chi connectivity index (χ3v) is 4.33. The van der Waals surface area contributed by atoms with Gasteiger partial charge in [-0.25, -0.2) is 0 Å². The Morgan fingerprint density at radius 1 is 1.26 bits per heavy atom. The van der Waals surface area contributed by atoms with Gasteiger partial charge >= 0.3 is 0 Å². The van der Waals surface area contributed by atoms with Gasteiger partial charge < -0.3 is 10.2 Å². The monoisotopic (exact) mass is 370 g/mol. The molecule has 0 fully saturated rings. The van der Waals surface area contributed by atoms with Crippen molar-refractivity contribution in [3.05, 3.63) is 50.6 Å². The van der Waals surface area contributed by atoms with Crippen molar-refractivity contribution in [2.75, 3.05) is 18.4 Å². The number of thiophene rings is 1. The number of hydrogen-bond donors (Lipinski definition) is 1. The van der Waals surface area contributed by atoms with Crippen LogP contribution in [0, 0.1) is 0 Å². The van der Waals surface area contributed by atoms with Gasteiger partial charge in [0.05, 0.1) is 16.3 Å². The highest BCUT2D eigenvalue weighted by atomic mass is 35.5. The number of nitrogens with zero attached hydrogens (tertiary/aromatic N) is 1. The van der Waals surface area contributed by atoms with Crippen molar-refractivity contribution in [3.8, 4) is 0 Å². The second kappa shape index (κ2) is 8.34. The van der Waals surface area contributed by atoms with Crippen molar-refractivity contribution in [1.29, 1.82) is 0 Å². The SMILES string of the molecule is CCCN(CC(=O)Nc1cc(Cl)ccc1Cl)C(=O)c1ccsc1. The summed E-state index contributed by atoms with van der Waals surface area (Å²) in [6.07, 6.45) is 0.765. The fourth-order valence-corrected chi connectivity index (χ4v) is 3.01. The molecule has 7 heteroatoms. The lowest BCUT2D eigenvalue weighted by Crippen LogP contribution is -2.38. The molecule has 0 bridgehead atoms. The van der Waals surface area contributed by atoms with E-state index in [4.69, 9.17) is 23.2 Å². The summed E-state index contributed by atoms with van der Waals surface area (Å²) in [5.41, 5.74) is 1.03. The van der Waals surface area contributed by atoms with Gasteiger partial charge in [-0.15, -0.1) is 0 Å². The molecule has 0 aliphatic heterocycles. The molecule has 0 saturated carbocycles. The maximum atomic E-state index is 12.4. The minimum absolute atomic E-state index is 0.0363. The Hall–Kier alpha value is -1.56. The molecule has 2 rings (SSSR count). The zero-order valence-electron chi connectivity index (χ0n) is 12.5. The smallest absolute Gasteiger partial charge is 0.255 e. The standard InChI is InChI=1S/C16H16Cl2N2O2S/c1-2-6-20(16(22)11-5-7-23-10-11)9-15(21)19-14-8-12(17)3-4-13(14)18/h3-5,7-8,10H,2,6,9H2,1H3,(H,19,21). The molecule has 1 aromatic heterocycles. The summed E-state index contributed by atoms with van der Waals surface area (Å²) < 4.78 is 0. The van der Waals surface area contributed by atoms with Gasteiger partial charge in [-0.1, -0.05) is 30.1 Å². The second-order valence-corrected chi connectivity index (χ2v) is 6.53. The Balaban J connectivity index is 2.06. The molecule has 1 heterocycles. The van der Waals surface area contributed by atoms with E-state index in [-0.39, 0.29) is 18.4 Å². The van der Waals surface area contributed by atoms with Crippen molar-refractivity contribution in [2.45, 2.75) is 13.3 Å². The van der Waals surface area contributed by atoms with Gasteiger partial charge in [-0.3, -0.25) is 9.59 Å². The van der Waals surface area contributed by atoms with Crippen LogP contribution < -0.4 is 5.32 Å². The van der Waals surface area contributed by atoms with E-state index in [2.05, 4.69) is 5.32 Å². The molecule has 1 N–H and O–H groups in total. The fourth-order valence-electron chi connectivity index (χ4n) is 2.05. The number of rotatable bonds is 6. The minimum atomic E-state index is -0.314. The van der Waals surface area contributed by atoms with Gasteiger partial charge in [0.1, 0.15) is 6.54 Å². The molecule has 0 unspecified atom stereocenters. The van der Waals surface area contributed by atoms with Crippen LogP contribution in [0.1, 0.15) is 23.7 Å². The van der Waals surface area contributed by atoms with Crippen molar-refractivity contribution in [2.24, 2.45) is 0 Å². The van der Waals surface area contributed by atoms with E-state index in [0.29, 0.717) is 27.8 Å². The van der Waals surface area contributed by atoms with Crippen LogP contribution in [-0.4, -0.2) is 29.8 Å². The Kier molecular flexibility index (Phi) is 6.45. The van der Waals surface area contributed by atoms with Gasteiger partial charge in [-0.05, 0) is 36.1 Å². The predicted octanol–water partition coefficient (Wildman–Crippen LogP) is 4.55. The third-order valence-electron chi connectivity index (χ3n) is 3.09. The zero-order chi connectivity index (χ0) is 16.8. The van der Waals surface area contributed by atoms with Gasteiger partial charge in [0.15, 0.2) is 0 Å². The van der Waals surface area contributed by atoms with Crippen molar-refractivity contribution >= 4 is 52.0 Å². The van der Waals surface area contributed by atoms with Crippen LogP contribution in [0.15, 0.2) is 35.0 Å². The Bertz CT molecular complexity index is 689. The summed E-state index contributed by atoms with van der Waals surface area (Å²) in [7, 11) is 0. The molecule has 0 saturated heterocycles. The molecule has 1 aromatic carbocycles. The number of carbonyl (C=O) groups is 2. The maximum Gasteiger partial charge on any atom is 0.255 e. The third kappa shape index (κ3) is 4.96. The van der Waals surface area contributed by atoms with Gasteiger partial charge in [-0.2, -0.15) is 11.3 Å². The Labute approximate surface area is 149 Å². The van der Waals surface area contributed by atoms with Gasteiger partial charge in [0.2, 0.25) is 5.91 Å². The lowest BCUT2D eigenvalue weighted by atomic mass is 10.2. The topological polar surface area (TPSA) is 49.4 Å². The first-order valence-electron chi connectivity index (χ1n) is 7.07. The number of benzene rings is 1. The lowest BCUT2D eigenvalue weighted by molar-refractivity contribution is -0.116. The second-order valence-electron chi connectivity index (χ2n) is 4.91. The summed E-state index contributed by atoms with van der Waals surface area (Å²) in [5, 5.41) is 7.18. The normalized spacial score (nSPS) is 10.4.